The molecule has 0 bridgehead atoms. The molecule has 7 nitrogen and oxygen atoms in total. The summed E-state index contributed by atoms with van der Waals surface area (Å²) in [5.74, 6) is 0.743. The van der Waals surface area contributed by atoms with Crippen molar-refractivity contribution in [1.82, 2.24) is 15.0 Å². The van der Waals surface area contributed by atoms with E-state index >= 15 is 0 Å². The van der Waals surface area contributed by atoms with Crippen LogP contribution in [0, 0.1) is 5.41 Å². The third-order valence-electron chi connectivity index (χ3n) is 4.86. The van der Waals surface area contributed by atoms with Gasteiger partial charge in [-0.2, -0.15) is 4.98 Å². The van der Waals surface area contributed by atoms with Gasteiger partial charge in [0.2, 0.25) is 12.0 Å². The Bertz CT molecular complexity index is 818. The number of amides is 1. The highest BCUT2D eigenvalue weighted by atomic mass is 16.6. The van der Waals surface area contributed by atoms with E-state index in [1.807, 2.05) is 56.0 Å². The van der Waals surface area contributed by atoms with Crippen molar-refractivity contribution in [1.29, 1.82) is 0 Å². The Morgan fingerprint density at radius 2 is 1.82 bits per heavy atom. The molecule has 28 heavy (non-hydrogen) atoms. The zero-order chi connectivity index (χ0) is 20.3. The van der Waals surface area contributed by atoms with E-state index in [0.29, 0.717) is 18.9 Å². The first-order valence-electron chi connectivity index (χ1n) is 9.60. The quantitative estimate of drug-likeness (QED) is 0.749. The predicted octanol–water partition coefficient (Wildman–Crippen LogP) is 3.47. The van der Waals surface area contributed by atoms with E-state index < -0.39 is 12.1 Å². The molecule has 1 aliphatic heterocycles. The van der Waals surface area contributed by atoms with Gasteiger partial charge in [-0.05, 0) is 12.8 Å². The lowest BCUT2D eigenvalue weighted by Gasteiger charge is -2.34. The summed E-state index contributed by atoms with van der Waals surface area (Å²) in [5, 5.41) is 4.13. The summed E-state index contributed by atoms with van der Waals surface area (Å²) in [6.07, 6.45) is 0.844. The second kappa shape index (κ2) is 8.12. The number of piperidine rings is 1. The highest BCUT2D eigenvalue weighted by Gasteiger charge is 2.33. The molecule has 0 unspecified atom stereocenters. The summed E-state index contributed by atoms with van der Waals surface area (Å²) in [6, 6.07) is 9.33. The second-order valence-corrected chi connectivity index (χ2v) is 8.21. The maximum atomic E-state index is 12.4. The van der Waals surface area contributed by atoms with Crippen LogP contribution in [-0.4, -0.2) is 40.0 Å². The van der Waals surface area contributed by atoms with E-state index in [2.05, 4.69) is 10.1 Å². The summed E-state index contributed by atoms with van der Waals surface area (Å²) in [7, 11) is 0. The van der Waals surface area contributed by atoms with Crippen molar-refractivity contribution in [2.24, 2.45) is 5.41 Å². The molecular weight excluding hydrogens is 358 g/mol. The minimum Gasteiger partial charge on any atom is -0.447 e. The van der Waals surface area contributed by atoms with Crippen molar-refractivity contribution < 1.29 is 18.8 Å². The van der Waals surface area contributed by atoms with Crippen LogP contribution in [0.15, 0.2) is 34.9 Å². The summed E-state index contributed by atoms with van der Waals surface area (Å²) in [5.41, 5.74) is 0.400. The predicted molar refractivity (Wildman–Crippen MR) is 102 cm³/mol. The van der Waals surface area contributed by atoms with Crippen LogP contribution in [0.3, 0.4) is 0 Å². The molecule has 0 spiro atoms. The lowest BCUT2D eigenvalue weighted by atomic mass is 9.91. The summed E-state index contributed by atoms with van der Waals surface area (Å²) < 4.78 is 10.9. The van der Waals surface area contributed by atoms with Crippen molar-refractivity contribution in [3.8, 4) is 0 Å². The molecule has 1 aromatic heterocycles. The zero-order valence-electron chi connectivity index (χ0n) is 16.8. The minimum atomic E-state index is -0.720. The molecule has 2 heterocycles. The minimum absolute atomic E-state index is 0.121. The fourth-order valence-corrected chi connectivity index (χ4v) is 3.39. The van der Waals surface area contributed by atoms with E-state index in [1.165, 1.54) is 6.92 Å². The Labute approximate surface area is 165 Å². The highest BCUT2D eigenvalue weighted by molar-refractivity contribution is 5.81. The first kappa shape index (κ1) is 20.0. The summed E-state index contributed by atoms with van der Waals surface area (Å²) in [4.78, 5) is 30.4. The van der Waals surface area contributed by atoms with Crippen molar-refractivity contribution >= 4 is 11.9 Å². The van der Waals surface area contributed by atoms with E-state index in [4.69, 9.17) is 9.26 Å². The molecule has 0 saturated carbocycles. The zero-order valence-corrected chi connectivity index (χ0v) is 16.8. The average Bonchev–Trinajstić information content (AvgIpc) is 3.15. The van der Waals surface area contributed by atoms with Crippen molar-refractivity contribution in [2.45, 2.75) is 52.6 Å². The molecule has 3 rings (SSSR count). The topological polar surface area (TPSA) is 85.5 Å². The average molecular weight is 385 g/mol. The molecule has 0 radical (unpaired) electrons. The molecule has 150 valence electrons. The van der Waals surface area contributed by atoms with E-state index in [1.54, 1.807) is 0 Å². The number of ether oxygens (including phenoxy) is 1. The molecule has 0 aliphatic carbocycles. The van der Waals surface area contributed by atoms with Crippen LogP contribution in [0.2, 0.25) is 0 Å². The van der Waals surface area contributed by atoms with Crippen LogP contribution in [0.25, 0.3) is 0 Å². The Kier molecular flexibility index (Phi) is 5.82. The monoisotopic (exact) mass is 385 g/mol. The summed E-state index contributed by atoms with van der Waals surface area (Å²) >= 11 is 0. The van der Waals surface area contributed by atoms with Gasteiger partial charge in [0.1, 0.15) is 0 Å². The van der Waals surface area contributed by atoms with Gasteiger partial charge in [0.15, 0.2) is 5.82 Å². The molecule has 1 amide bonds. The summed E-state index contributed by atoms with van der Waals surface area (Å²) in [6.45, 7) is 8.52. The SMILES string of the molecule is CC(=O)O[C@H](c1ccccc1)c1nc(C2CCN(C(=O)C(C)(C)C)CC2)no1. The number of nitrogens with zero attached hydrogens (tertiary/aromatic N) is 3. The molecular formula is C21H27N3O4. The molecule has 0 N–H and O–H groups in total. The van der Waals surface area contributed by atoms with Crippen LogP contribution < -0.4 is 0 Å². The Morgan fingerprint density at radius 1 is 1.18 bits per heavy atom. The second-order valence-electron chi connectivity index (χ2n) is 8.21. The number of rotatable bonds is 4. The van der Waals surface area contributed by atoms with E-state index in [0.717, 1.165) is 18.4 Å². The maximum Gasteiger partial charge on any atom is 0.303 e. The van der Waals surface area contributed by atoms with Gasteiger partial charge in [0.05, 0.1) is 0 Å². The van der Waals surface area contributed by atoms with Crippen molar-refractivity contribution in [2.75, 3.05) is 13.1 Å². The van der Waals surface area contributed by atoms with Gasteiger partial charge in [0, 0.05) is 36.9 Å². The number of carbonyl (C=O) groups excluding carboxylic acids is 2. The fourth-order valence-electron chi connectivity index (χ4n) is 3.39. The van der Waals surface area contributed by atoms with Crippen molar-refractivity contribution in [3.63, 3.8) is 0 Å². The molecule has 1 aromatic carbocycles. The van der Waals surface area contributed by atoms with E-state index in [9.17, 15) is 9.59 Å². The van der Waals surface area contributed by atoms with Crippen LogP contribution in [0.5, 0.6) is 0 Å². The molecule has 1 fully saturated rings. The van der Waals surface area contributed by atoms with Gasteiger partial charge in [-0.15, -0.1) is 0 Å². The fraction of sp³-hybridized carbons (Fsp3) is 0.524. The van der Waals surface area contributed by atoms with Gasteiger partial charge in [-0.1, -0.05) is 56.3 Å². The third-order valence-corrected chi connectivity index (χ3v) is 4.86. The lowest BCUT2D eigenvalue weighted by Crippen LogP contribution is -2.43. The molecule has 2 aromatic rings. The van der Waals surface area contributed by atoms with Gasteiger partial charge in [-0.25, -0.2) is 0 Å². The van der Waals surface area contributed by atoms with Crippen LogP contribution in [0.4, 0.5) is 0 Å². The van der Waals surface area contributed by atoms with Crippen LogP contribution in [-0.2, 0) is 14.3 Å². The first-order chi connectivity index (χ1) is 13.3. The number of hydrogen-bond donors (Lipinski definition) is 0. The number of benzene rings is 1. The van der Waals surface area contributed by atoms with Gasteiger partial charge >= 0.3 is 5.97 Å². The Morgan fingerprint density at radius 3 is 2.39 bits per heavy atom. The molecule has 1 saturated heterocycles. The first-order valence-corrected chi connectivity index (χ1v) is 9.60. The van der Waals surface area contributed by atoms with Gasteiger partial charge < -0.3 is 14.2 Å². The maximum absolute atomic E-state index is 12.4. The highest BCUT2D eigenvalue weighted by Crippen LogP contribution is 2.31. The van der Waals surface area contributed by atoms with Gasteiger partial charge in [-0.3, -0.25) is 9.59 Å². The third kappa shape index (κ3) is 4.58. The lowest BCUT2D eigenvalue weighted by molar-refractivity contribution is -0.145. The number of esters is 1. The number of likely N-dealkylation sites (tertiary alicyclic amines) is 1. The Balaban J connectivity index is 1.71. The van der Waals surface area contributed by atoms with E-state index in [-0.39, 0.29) is 23.1 Å². The number of aromatic nitrogens is 2. The normalized spacial score (nSPS) is 16.6. The molecule has 7 heteroatoms. The Hall–Kier alpha value is -2.70. The smallest absolute Gasteiger partial charge is 0.303 e. The van der Waals surface area contributed by atoms with Crippen LogP contribution >= 0.6 is 0 Å². The standard InChI is InChI=1S/C21H27N3O4/c1-14(25)27-17(15-8-6-5-7-9-15)19-22-18(23-28-19)16-10-12-24(13-11-16)20(26)21(2,3)4/h5-9,16-17H,10-13H2,1-4H3/t17-/m1/s1. The number of hydrogen-bond acceptors (Lipinski definition) is 6. The van der Waals surface area contributed by atoms with Crippen molar-refractivity contribution in [3.05, 3.63) is 47.6 Å². The molecule has 1 atom stereocenters. The number of carbonyl (C=O) groups is 2. The van der Waals surface area contributed by atoms with Gasteiger partial charge in [0.25, 0.3) is 5.89 Å². The molecule has 1 aliphatic rings. The van der Waals surface area contributed by atoms with Crippen LogP contribution in [0.1, 0.15) is 69.8 Å². The largest absolute Gasteiger partial charge is 0.447 e.